The average Bonchev–Trinajstić information content (AvgIpc) is 2.67. The summed E-state index contributed by atoms with van der Waals surface area (Å²) in [5.74, 6) is 1.96. The molecule has 1 atom stereocenters. The van der Waals surface area contributed by atoms with Crippen LogP contribution in [0.5, 0.6) is 11.5 Å². The standard InChI is InChI=1S/C19H15Cl2N3O2/c20-19-22-12-13-6-11-17(25)23(18(13)24(19)21)14-7-9-16(10-8-14)26-15-4-2-1-3-5-15/h1-5,7-10,12,19H,6,11H2. The van der Waals surface area contributed by atoms with Gasteiger partial charge in [0.25, 0.3) is 0 Å². The lowest BCUT2D eigenvalue weighted by Crippen LogP contribution is -2.43. The van der Waals surface area contributed by atoms with Gasteiger partial charge in [0, 0.05) is 30.0 Å². The molecule has 0 bridgehead atoms. The molecule has 7 heteroatoms. The molecule has 0 spiro atoms. The predicted octanol–water partition coefficient (Wildman–Crippen LogP) is 4.88. The van der Waals surface area contributed by atoms with Crippen LogP contribution in [0.2, 0.25) is 0 Å². The number of aliphatic imine (C=N–C) groups is 1. The van der Waals surface area contributed by atoms with Crippen LogP contribution in [0.25, 0.3) is 0 Å². The van der Waals surface area contributed by atoms with Gasteiger partial charge in [-0.3, -0.25) is 14.7 Å². The maximum atomic E-state index is 12.6. The van der Waals surface area contributed by atoms with Crippen molar-refractivity contribution in [3.8, 4) is 11.5 Å². The van der Waals surface area contributed by atoms with Crippen LogP contribution in [0.3, 0.4) is 0 Å². The fourth-order valence-corrected chi connectivity index (χ4v) is 3.33. The highest BCUT2D eigenvalue weighted by Crippen LogP contribution is 2.36. The Morgan fingerprint density at radius 1 is 1.00 bits per heavy atom. The number of amides is 1. The lowest BCUT2D eigenvalue weighted by atomic mass is 10.0. The predicted molar refractivity (Wildman–Crippen MR) is 103 cm³/mol. The summed E-state index contributed by atoms with van der Waals surface area (Å²) in [7, 11) is 0. The van der Waals surface area contributed by atoms with Crippen molar-refractivity contribution in [2.75, 3.05) is 4.90 Å². The first-order chi connectivity index (χ1) is 12.6. The van der Waals surface area contributed by atoms with Gasteiger partial charge in [0.05, 0.1) is 5.69 Å². The lowest BCUT2D eigenvalue weighted by Gasteiger charge is -2.37. The first-order valence-corrected chi connectivity index (χ1v) is 8.92. The van der Waals surface area contributed by atoms with Gasteiger partial charge in [-0.15, -0.1) is 0 Å². The number of para-hydroxylation sites is 1. The van der Waals surface area contributed by atoms with Crippen molar-refractivity contribution in [3.63, 3.8) is 0 Å². The highest BCUT2D eigenvalue weighted by atomic mass is 35.5. The average molecular weight is 388 g/mol. The molecule has 1 amide bonds. The summed E-state index contributed by atoms with van der Waals surface area (Å²) in [5.41, 5.74) is 0.845. The third-order valence-electron chi connectivity index (χ3n) is 4.17. The zero-order chi connectivity index (χ0) is 18.1. The van der Waals surface area contributed by atoms with Crippen molar-refractivity contribution in [1.29, 1.82) is 0 Å². The summed E-state index contributed by atoms with van der Waals surface area (Å²) in [5, 5.41) is 0. The first-order valence-electron chi connectivity index (χ1n) is 8.15. The highest BCUT2D eigenvalue weighted by Gasteiger charge is 2.35. The van der Waals surface area contributed by atoms with Crippen molar-refractivity contribution < 1.29 is 9.53 Å². The van der Waals surface area contributed by atoms with Crippen molar-refractivity contribution in [1.82, 2.24) is 4.42 Å². The molecule has 2 aromatic carbocycles. The minimum atomic E-state index is -0.746. The number of alkyl halides is 1. The van der Waals surface area contributed by atoms with Crippen molar-refractivity contribution in [2.24, 2.45) is 4.99 Å². The molecule has 2 heterocycles. The Morgan fingerprint density at radius 3 is 2.42 bits per heavy atom. The summed E-state index contributed by atoms with van der Waals surface area (Å²) in [6.45, 7) is 0. The van der Waals surface area contributed by atoms with E-state index in [9.17, 15) is 4.79 Å². The number of ether oxygens (including phenoxy) is 1. The van der Waals surface area contributed by atoms with E-state index in [0.717, 1.165) is 11.3 Å². The maximum Gasteiger partial charge on any atom is 0.233 e. The van der Waals surface area contributed by atoms with E-state index in [1.807, 2.05) is 54.6 Å². The van der Waals surface area contributed by atoms with Crippen LogP contribution >= 0.6 is 23.4 Å². The van der Waals surface area contributed by atoms with Gasteiger partial charge in [-0.2, -0.15) is 0 Å². The summed E-state index contributed by atoms with van der Waals surface area (Å²) < 4.78 is 7.09. The number of halogens is 2. The molecule has 0 saturated carbocycles. The number of benzene rings is 2. The minimum absolute atomic E-state index is 0.0368. The van der Waals surface area contributed by atoms with Gasteiger partial charge < -0.3 is 4.74 Å². The monoisotopic (exact) mass is 387 g/mol. The van der Waals surface area contributed by atoms with Gasteiger partial charge in [0.2, 0.25) is 11.5 Å². The molecule has 2 aromatic rings. The van der Waals surface area contributed by atoms with Crippen molar-refractivity contribution >= 4 is 41.2 Å². The van der Waals surface area contributed by atoms with Crippen LogP contribution in [-0.4, -0.2) is 22.2 Å². The molecule has 0 N–H and O–H groups in total. The van der Waals surface area contributed by atoms with Crippen molar-refractivity contribution in [3.05, 3.63) is 66.0 Å². The molecule has 1 unspecified atom stereocenters. The third-order valence-corrected chi connectivity index (χ3v) is 4.93. The van der Waals surface area contributed by atoms with E-state index in [0.29, 0.717) is 30.1 Å². The largest absolute Gasteiger partial charge is 0.457 e. The van der Waals surface area contributed by atoms with Crippen LogP contribution in [-0.2, 0) is 4.79 Å². The smallest absolute Gasteiger partial charge is 0.233 e. The molecule has 132 valence electrons. The number of allylic oxidation sites excluding steroid dienone is 1. The first kappa shape index (κ1) is 16.9. The Hall–Kier alpha value is -2.50. The minimum Gasteiger partial charge on any atom is -0.457 e. The van der Waals surface area contributed by atoms with E-state index in [2.05, 4.69) is 4.99 Å². The number of rotatable bonds is 3. The summed E-state index contributed by atoms with van der Waals surface area (Å²) in [6, 6.07) is 16.8. The van der Waals surface area contributed by atoms with Gasteiger partial charge in [-0.25, -0.2) is 4.42 Å². The summed E-state index contributed by atoms with van der Waals surface area (Å²) in [6.07, 6.45) is 2.68. The molecule has 0 aliphatic carbocycles. The number of hydrogen-bond acceptors (Lipinski definition) is 4. The fraction of sp³-hybridized carbons (Fsp3) is 0.158. The van der Waals surface area contributed by atoms with Crippen LogP contribution in [0.4, 0.5) is 5.69 Å². The Bertz CT molecular complexity index is 881. The Kier molecular flexibility index (Phi) is 4.57. The Balaban J connectivity index is 1.63. The van der Waals surface area contributed by atoms with Crippen LogP contribution in [0.15, 0.2) is 71.0 Å². The third kappa shape index (κ3) is 3.16. The zero-order valence-corrected chi connectivity index (χ0v) is 15.2. The van der Waals surface area contributed by atoms with E-state index in [4.69, 9.17) is 28.1 Å². The molecule has 0 radical (unpaired) electrons. The summed E-state index contributed by atoms with van der Waals surface area (Å²) >= 11 is 12.4. The normalized spacial score (nSPS) is 19.6. The Labute approximate surface area is 161 Å². The van der Waals surface area contributed by atoms with Gasteiger partial charge in [-0.05, 0) is 42.8 Å². The topological polar surface area (TPSA) is 45.1 Å². The molecular formula is C19H15Cl2N3O2. The number of nitrogens with zero attached hydrogens (tertiary/aromatic N) is 3. The lowest BCUT2D eigenvalue weighted by molar-refractivity contribution is -0.118. The van der Waals surface area contributed by atoms with E-state index in [1.54, 1.807) is 11.1 Å². The molecule has 0 fully saturated rings. The molecular weight excluding hydrogens is 373 g/mol. The second kappa shape index (κ2) is 7.02. The highest BCUT2D eigenvalue weighted by molar-refractivity contribution is 6.27. The molecule has 5 nitrogen and oxygen atoms in total. The second-order valence-corrected chi connectivity index (χ2v) is 6.64. The van der Waals surface area contributed by atoms with Crippen LogP contribution < -0.4 is 9.64 Å². The molecule has 2 aliphatic rings. The van der Waals surface area contributed by atoms with Gasteiger partial charge in [0.1, 0.15) is 17.3 Å². The number of carbonyl (C=O) groups is 1. The number of anilines is 1. The number of carbonyl (C=O) groups excluding carboxylic acids is 1. The van der Waals surface area contributed by atoms with Gasteiger partial charge >= 0.3 is 0 Å². The van der Waals surface area contributed by atoms with E-state index < -0.39 is 5.62 Å². The van der Waals surface area contributed by atoms with Gasteiger partial charge in [0.15, 0.2) is 0 Å². The molecule has 0 saturated heterocycles. The van der Waals surface area contributed by atoms with Crippen LogP contribution in [0.1, 0.15) is 12.8 Å². The van der Waals surface area contributed by atoms with E-state index in [-0.39, 0.29) is 5.91 Å². The Morgan fingerprint density at radius 2 is 1.69 bits per heavy atom. The SMILES string of the molecule is O=C1CCC2=C(N1c1ccc(Oc3ccccc3)cc1)N(Cl)C(Cl)N=C2. The molecule has 26 heavy (non-hydrogen) atoms. The van der Waals surface area contributed by atoms with Crippen LogP contribution in [0, 0.1) is 0 Å². The molecule has 0 aromatic heterocycles. The number of hydrogen-bond donors (Lipinski definition) is 0. The van der Waals surface area contributed by atoms with Crippen molar-refractivity contribution in [2.45, 2.75) is 18.5 Å². The molecule has 4 rings (SSSR count). The fourth-order valence-electron chi connectivity index (χ4n) is 2.95. The maximum absolute atomic E-state index is 12.6. The van der Waals surface area contributed by atoms with Gasteiger partial charge in [-0.1, -0.05) is 29.8 Å². The quantitative estimate of drug-likeness (QED) is 0.428. The van der Waals surface area contributed by atoms with E-state index >= 15 is 0 Å². The zero-order valence-electron chi connectivity index (χ0n) is 13.7. The second-order valence-electron chi connectivity index (χ2n) is 5.89. The molecule has 2 aliphatic heterocycles. The van der Waals surface area contributed by atoms with E-state index in [1.165, 1.54) is 4.42 Å². The summed E-state index contributed by atoms with van der Waals surface area (Å²) in [4.78, 5) is 18.3.